The molecule has 1 nitrogen and oxygen atoms in total. The van der Waals surface area contributed by atoms with E-state index in [4.69, 9.17) is 4.74 Å². The van der Waals surface area contributed by atoms with Crippen LogP contribution in [-0.2, 0) is 4.74 Å². The Morgan fingerprint density at radius 1 is 1.75 bits per heavy atom. The molecule has 1 aliphatic heterocycles. The topological polar surface area (TPSA) is 9.23 Å². The van der Waals surface area contributed by atoms with E-state index >= 15 is 0 Å². The summed E-state index contributed by atoms with van der Waals surface area (Å²) in [5, 5.41) is 0. The molecule has 0 aromatic rings. The van der Waals surface area contributed by atoms with Crippen molar-refractivity contribution in [2.75, 3.05) is 18.3 Å². The van der Waals surface area contributed by atoms with Gasteiger partial charge in [-0.1, -0.05) is 13.3 Å². The Kier molecular flexibility index (Phi) is 2.70. The third-order valence-corrected chi connectivity index (χ3v) is 2.49. The van der Waals surface area contributed by atoms with E-state index in [9.17, 15) is 0 Å². The van der Waals surface area contributed by atoms with Crippen molar-refractivity contribution in [3.05, 3.63) is 0 Å². The zero-order valence-electron chi connectivity index (χ0n) is 5.22. The van der Waals surface area contributed by atoms with E-state index in [-0.39, 0.29) is 0 Å². The molecule has 0 N–H and O–H groups in total. The Labute approximate surface area is 54.8 Å². The fourth-order valence-corrected chi connectivity index (χ4v) is 1.75. The lowest BCUT2D eigenvalue weighted by atomic mass is 10.1. The maximum absolute atomic E-state index is 5.24. The van der Waals surface area contributed by atoms with Gasteiger partial charge in [-0.25, -0.2) is 0 Å². The molecule has 1 fully saturated rings. The van der Waals surface area contributed by atoms with Gasteiger partial charge >= 0.3 is 0 Å². The largest absolute Gasteiger partial charge is 0.371 e. The van der Waals surface area contributed by atoms with Gasteiger partial charge in [-0.05, 0) is 5.92 Å². The highest BCUT2D eigenvalue weighted by Gasteiger charge is 2.10. The van der Waals surface area contributed by atoms with Gasteiger partial charge in [0.1, 0.15) is 0 Å². The second-order valence-electron chi connectivity index (χ2n) is 2.13. The van der Waals surface area contributed by atoms with Gasteiger partial charge in [-0.3, -0.25) is 0 Å². The summed E-state index contributed by atoms with van der Waals surface area (Å²) in [6.45, 7) is 3.21. The summed E-state index contributed by atoms with van der Waals surface area (Å²) in [5.41, 5.74) is 0. The van der Waals surface area contributed by atoms with Gasteiger partial charge in [0, 0.05) is 5.75 Å². The van der Waals surface area contributed by atoms with Crippen molar-refractivity contribution in [1.29, 1.82) is 0 Å². The average molecular weight is 132 g/mol. The average Bonchev–Trinajstić information content (AvgIpc) is 1.90. The summed E-state index contributed by atoms with van der Waals surface area (Å²) < 4.78 is 5.24. The van der Waals surface area contributed by atoms with Gasteiger partial charge in [-0.2, -0.15) is 0 Å². The van der Waals surface area contributed by atoms with Crippen LogP contribution < -0.4 is 0 Å². The lowest BCUT2D eigenvalue weighted by Gasteiger charge is -2.19. The molecule has 1 heterocycles. The van der Waals surface area contributed by atoms with Crippen LogP contribution in [0.2, 0.25) is 0 Å². The fraction of sp³-hybridized carbons (Fsp3) is 1.00. The van der Waals surface area contributed by atoms with Gasteiger partial charge in [-0.15, -0.1) is 11.8 Å². The maximum Gasteiger partial charge on any atom is 0.0921 e. The zero-order valence-corrected chi connectivity index (χ0v) is 6.04. The molecule has 2 heteroatoms. The molecule has 1 aliphatic rings. The minimum atomic E-state index is 0.828. The molecule has 1 atom stereocenters. The normalized spacial score (nSPS) is 30.4. The molecule has 1 saturated heterocycles. The SMILES string of the molecule is CCC1COCSC1. The van der Waals surface area contributed by atoms with E-state index in [1.54, 1.807) is 0 Å². The highest BCUT2D eigenvalue weighted by atomic mass is 32.2. The van der Waals surface area contributed by atoms with Crippen LogP contribution in [0.1, 0.15) is 13.3 Å². The molecule has 0 aliphatic carbocycles. The van der Waals surface area contributed by atoms with Gasteiger partial charge < -0.3 is 4.74 Å². The van der Waals surface area contributed by atoms with Gasteiger partial charge in [0.05, 0.1) is 12.5 Å². The molecular weight excluding hydrogens is 120 g/mol. The monoisotopic (exact) mass is 132 g/mol. The van der Waals surface area contributed by atoms with Crippen molar-refractivity contribution in [1.82, 2.24) is 0 Å². The molecule has 48 valence electrons. The molecule has 0 aromatic carbocycles. The second-order valence-corrected chi connectivity index (χ2v) is 3.11. The highest BCUT2D eigenvalue weighted by Crippen LogP contribution is 2.17. The molecule has 0 radical (unpaired) electrons. The van der Waals surface area contributed by atoms with Crippen molar-refractivity contribution in [2.45, 2.75) is 13.3 Å². The summed E-state index contributed by atoms with van der Waals surface area (Å²) >= 11 is 1.91. The predicted molar refractivity (Wildman–Crippen MR) is 37.1 cm³/mol. The van der Waals surface area contributed by atoms with Crippen LogP contribution >= 0.6 is 11.8 Å². The molecule has 0 aromatic heterocycles. The number of hydrogen-bond acceptors (Lipinski definition) is 2. The van der Waals surface area contributed by atoms with Crippen LogP contribution in [0.5, 0.6) is 0 Å². The Morgan fingerprint density at radius 3 is 3.00 bits per heavy atom. The molecular formula is C6H12OS. The van der Waals surface area contributed by atoms with Crippen LogP contribution in [0.3, 0.4) is 0 Å². The number of hydrogen-bond donors (Lipinski definition) is 0. The van der Waals surface area contributed by atoms with E-state index in [1.165, 1.54) is 12.2 Å². The van der Waals surface area contributed by atoms with E-state index in [0.29, 0.717) is 0 Å². The number of rotatable bonds is 1. The number of ether oxygens (including phenoxy) is 1. The molecule has 0 amide bonds. The van der Waals surface area contributed by atoms with E-state index in [0.717, 1.165) is 18.5 Å². The minimum absolute atomic E-state index is 0.828. The van der Waals surface area contributed by atoms with E-state index < -0.39 is 0 Å². The standard InChI is InChI=1S/C6H12OS/c1-2-6-3-7-5-8-4-6/h6H,2-5H2,1H3. The number of thioether (sulfide) groups is 1. The fourth-order valence-electron chi connectivity index (χ4n) is 0.772. The first-order valence-corrected chi connectivity index (χ1v) is 4.24. The predicted octanol–water partition coefficient (Wildman–Crippen LogP) is 1.73. The highest BCUT2D eigenvalue weighted by molar-refractivity contribution is 7.99. The maximum atomic E-state index is 5.24. The molecule has 1 rings (SSSR count). The van der Waals surface area contributed by atoms with Crippen LogP contribution in [-0.4, -0.2) is 18.3 Å². The van der Waals surface area contributed by atoms with E-state index in [2.05, 4.69) is 6.92 Å². The Morgan fingerprint density at radius 2 is 2.62 bits per heavy atom. The Hall–Kier alpha value is 0.310. The summed E-state index contributed by atoms with van der Waals surface area (Å²) in [6.07, 6.45) is 1.27. The Bertz CT molecular complexity index is 59.5. The molecule has 0 saturated carbocycles. The van der Waals surface area contributed by atoms with Crippen LogP contribution in [0.4, 0.5) is 0 Å². The quantitative estimate of drug-likeness (QED) is 0.537. The molecule has 8 heavy (non-hydrogen) atoms. The summed E-state index contributed by atoms with van der Waals surface area (Å²) in [7, 11) is 0. The third-order valence-electron chi connectivity index (χ3n) is 1.45. The summed E-state index contributed by atoms with van der Waals surface area (Å²) in [4.78, 5) is 0. The van der Waals surface area contributed by atoms with Gasteiger partial charge in [0.25, 0.3) is 0 Å². The van der Waals surface area contributed by atoms with Crippen molar-refractivity contribution >= 4 is 11.8 Å². The van der Waals surface area contributed by atoms with Crippen LogP contribution in [0.25, 0.3) is 0 Å². The van der Waals surface area contributed by atoms with Crippen molar-refractivity contribution < 1.29 is 4.74 Å². The smallest absolute Gasteiger partial charge is 0.0921 e. The van der Waals surface area contributed by atoms with E-state index in [1.807, 2.05) is 11.8 Å². The third kappa shape index (κ3) is 1.67. The first-order valence-electron chi connectivity index (χ1n) is 3.09. The summed E-state index contributed by atoms with van der Waals surface area (Å²) in [6, 6.07) is 0. The first kappa shape index (κ1) is 6.43. The van der Waals surface area contributed by atoms with Crippen LogP contribution in [0, 0.1) is 5.92 Å². The minimum Gasteiger partial charge on any atom is -0.371 e. The van der Waals surface area contributed by atoms with Crippen LogP contribution in [0.15, 0.2) is 0 Å². The first-order chi connectivity index (χ1) is 3.93. The molecule has 0 bridgehead atoms. The Balaban J connectivity index is 2.13. The molecule has 0 spiro atoms. The summed E-state index contributed by atoms with van der Waals surface area (Å²) in [5.74, 6) is 3.04. The molecule has 1 unspecified atom stereocenters. The van der Waals surface area contributed by atoms with Gasteiger partial charge in [0.15, 0.2) is 0 Å². The second kappa shape index (κ2) is 3.36. The van der Waals surface area contributed by atoms with Crippen molar-refractivity contribution in [3.63, 3.8) is 0 Å². The van der Waals surface area contributed by atoms with Crippen molar-refractivity contribution in [2.24, 2.45) is 5.92 Å². The zero-order chi connectivity index (χ0) is 5.82. The lowest BCUT2D eigenvalue weighted by Crippen LogP contribution is -2.16. The van der Waals surface area contributed by atoms with Gasteiger partial charge in [0.2, 0.25) is 0 Å². The lowest BCUT2D eigenvalue weighted by molar-refractivity contribution is 0.136. The van der Waals surface area contributed by atoms with Crippen molar-refractivity contribution in [3.8, 4) is 0 Å².